The van der Waals surface area contributed by atoms with Gasteiger partial charge in [-0.15, -0.1) is 0 Å². The van der Waals surface area contributed by atoms with Crippen LogP contribution in [-0.4, -0.2) is 38.4 Å². The highest BCUT2D eigenvalue weighted by Gasteiger charge is 2.09. The van der Waals surface area contributed by atoms with Crippen molar-refractivity contribution in [1.29, 1.82) is 0 Å². The maximum Gasteiger partial charge on any atom is 0.313 e. The molecule has 0 radical (unpaired) electrons. The first-order valence-electron chi connectivity index (χ1n) is 6.00. The summed E-state index contributed by atoms with van der Waals surface area (Å²) in [6.07, 6.45) is 7.51. The van der Waals surface area contributed by atoms with Crippen molar-refractivity contribution in [2.24, 2.45) is 0 Å². The van der Waals surface area contributed by atoms with Crippen molar-refractivity contribution >= 4 is 29.5 Å². The number of rotatable bonds is 9. The van der Waals surface area contributed by atoms with E-state index in [-0.39, 0.29) is 5.75 Å². The van der Waals surface area contributed by atoms with E-state index in [9.17, 15) is 4.79 Å². The van der Waals surface area contributed by atoms with E-state index in [1.807, 2.05) is 24.9 Å². The quantitative estimate of drug-likeness (QED) is 0.559. The fourth-order valence-electron chi connectivity index (χ4n) is 1.65. The molecule has 102 valence electrons. The van der Waals surface area contributed by atoms with Gasteiger partial charge in [0.15, 0.2) is 5.16 Å². The number of nitrogens with zero attached hydrogens (tertiary/aromatic N) is 2. The Hall–Kier alpha value is -0.620. The standard InChI is InChI=1S/C12H20N2O2S2/c1-10-8-13-12(18-9-11(15)16)14(10)6-4-3-5-7-17-2/h8H,3-7,9H2,1-2H3,(H,15,16). The van der Waals surface area contributed by atoms with E-state index in [0.29, 0.717) is 0 Å². The van der Waals surface area contributed by atoms with Gasteiger partial charge in [0.25, 0.3) is 0 Å². The Morgan fingerprint density at radius 2 is 2.22 bits per heavy atom. The van der Waals surface area contributed by atoms with Crippen molar-refractivity contribution in [3.8, 4) is 0 Å². The number of unbranched alkanes of at least 4 members (excludes halogenated alkanes) is 2. The van der Waals surface area contributed by atoms with E-state index in [0.717, 1.165) is 23.8 Å². The molecule has 1 rings (SSSR count). The molecule has 1 aromatic heterocycles. The van der Waals surface area contributed by atoms with Crippen LogP contribution in [-0.2, 0) is 11.3 Å². The van der Waals surface area contributed by atoms with E-state index >= 15 is 0 Å². The van der Waals surface area contributed by atoms with Crippen molar-refractivity contribution in [2.75, 3.05) is 17.8 Å². The largest absolute Gasteiger partial charge is 0.481 e. The summed E-state index contributed by atoms with van der Waals surface area (Å²) in [7, 11) is 0. The summed E-state index contributed by atoms with van der Waals surface area (Å²) in [6.45, 7) is 2.95. The van der Waals surface area contributed by atoms with Gasteiger partial charge >= 0.3 is 5.97 Å². The summed E-state index contributed by atoms with van der Waals surface area (Å²) in [5, 5.41) is 9.50. The van der Waals surface area contributed by atoms with Gasteiger partial charge in [-0.3, -0.25) is 4.79 Å². The summed E-state index contributed by atoms with van der Waals surface area (Å²) < 4.78 is 2.12. The second kappa shape index (κ2) is 8.48. The van der Waals surface area contributed by atoms with Crippen molar-refractivity contribution in [1.82, 2.24) is 9.55 Å². The number of carboxylic acid groups (broad SMARTS) is 1. The SMILES string of the molecule is CSCCCCCn1c(C)cnc1SCC(=O)O. The fourth-order valence-corrected chi connectivity index (χ4v) is 2.91. The van der Waals surface area contributed by atoms with Crippen LogP contribution >= 0.6 is 23.5 Å². The number of hydrogen-bond donors (Lipinski definition) is 1. The number of aromatic nitrogens is 2. The molecule has 0 saturated heterocycles. The van der Waals surface area contributed by atoms with Crippen LogP contribution in [0.4, 0.5) is 0 Å². The van der Waals surface area contributed by atoms with Gasteiger partial charge < -0.3 is 9.67 Å². The highest BCUT2D eigenvalue weighted by Crippen LogP contribution is 2.19. The zero-order valence-corrected chi connectivity index (χ0v) is 12.5. The molecule has 1 aromatic rings. The molecule has 0 aliphatic carbocycles. The average Bonchev–Trinajstić information content (AvgIpc) is 2.68. The lowest BCUT2D eigenvalue weighted by molar-refractivity contribution is -0.133. The molecule has 0 aromatic carbocycles. The Morgan fingerprint density at radius 1 is 1.44 bits per heavy atom. The minimum absolute atomic E-state index is 0.0723. The summed E-state index contributed by atoms with van der Waals surface area (Å²) in [5.74, 6) is 0.485. The van der Waals surface area contributed by atoms with Crippen LogP contribution in [0.1, 0.15) is 25.0 Å². The molecule has 0 spiro atoms. The van der Waals surface area contributed by atoms with Crippen LogP contribution in [0.2, 0.25) is 0 Å². The van der Waals surface area contributed by atoms with Gasteiger partial charge in [0.2, 0.25) is 0 Å². The zero-order valence-electron chi connectivity index (χ0n) is 10.9. The molecule has 1 N–H and O–H groups in total. The van der Waals surface area contributed by atoms with Gasteiger partial charge in [0.05, 0.1) is 5.75 Å². The highest BCUT2D eigenvalue weighted by atomic mass is 32.2. The third kappa shape index (κ3) is 5.35. The molecule has 0 bridgehead atoms. The summed E-state index contributed by atoms with van der Waals surface area (Å²) >= 11 is 3.17. The Bertz CT molecular complexity index is 380. The van der Waals surface area contributed by atoms with Gasteiger partial charge in [-0.1, -0.05) is 18.2 Å². The van der Waals surface area contributed by atoms with E-state index in [1.165, 1.54) is 30.4 Å². The topological polar surface area (TPSA) is 55.1 Å². The smallest absolute Gasteiger partial charge is 0.313 e. The van der Waals surface area contributed by atoms with Crippen molar-refractivity contribution in [3.05, 3.63) is 11.9 Å². The summed E-state index contributed by atoms with van der Waals surface area (Å²) in [4.78, 5) is 14.8. The lowest BCUT2D eigenvalue weighted by atomic mass is 10.2. The van der Waals surface area contributed by atoms with Crippen LogP contribution in [0.5, 0.6) is 0 Å². The number of aryl methyl sites for hydroxylation is 1. The number of thioether (sulfide) groups is 2. The summed E-state index contributed by atoms with van der Waals surface area (Å²) in [5.41, 5.74) is 1.10. The number of carboxylic acids is 1. The first kappa shape index (κ1) is 15.4. The minimum Gasteiger partial charge on any atom is -0.481 e. The highest BCUT2D eigenvalue weighted by molar-refractivity contribution is 7.99. The molecule has 0 fully saturated rings. The number of hydrogen-bond acceptors (Lipinski definition) is 4. The number of imidazole rings is 1. The van der Waals surface area contributed by atoms with Crippen LogP contribution in [0.15, 0.2) is 11.4 Å². The Balaban J connectivity index is 2.42. The normalized spacial score (nSPS) is 10.8. The molecule has 1 heterocycles. The molecular formula is C12H20N2O2S2. The molecule has 6 heteroatoms. The van der Waals surface area contributed by atoms with Crippen molar-refractivity contribution in [2.45, 2.75) is 37.9 Å². The molecule has 0 aliphatic heterocycles. The number of carbonyl (C=O) groups is 1. The minimum atomic E-state index is -0.799. The Labute approximate surface area is 117 Å². The predicted octanol–water partition coefficient (Wildman–Crippen LogP) is 2.90. The van der Waals surface area contributed by atoms with Gasteiger partial charge in [-0.05, 0) is 31.8 Å². The zero-order chi connectivity index (χ0) is 13.4. The molecular weight excluding hydrogens is 268 g/mol. The second-order valence-electron chi connectivity index (χ2n) is 4.07. The lowest BCUT2D eigenvalue weighted by Gasteiger charge is -2.08. The maximum atomic E-state index is 10.6. The van der Waals surface area contributed by atoms with Gasteiger partial charge in [-0.2, -0.15) is 11.8 Å². The van der Waals surface area contributed by atoms with E-state index in [4.69, 9.17) is 5.11 Å². The molecule has 18 heavy (non-hydrogen) atoms. The van der Waals surface area contributed by atoms with Crippen LogP contribution in [0.3, 0.4) is 0 Å². The van der Waals surface area contributed by atoms with Gasteiger partial charge in [0.1, 0.15) is 0 Å². The van der Waals surface area contributed by atoms with Gasteiger partial charge in [-0.25, -0.2) is 4.98 Å². The Morgan fingerprint density at radius 3 is 2.89 bits per heavy atom. The van der Waals surface area contributed by atoms with E-state index in [1.54, 1.807) is 0 Å². The van der Waals surface area contributed by atoms with Crippen LogP contribution < -0.4 is 0 Å². The third-order valence-electron chi connectivity index (χ3n) is 2.57. The molecule has 0 unspecified atom stereocenters. The van der Waals surface area contributed by atoms with Crippen molar-refractivity contribution < 1.29 is 9.90 Å². The van der Waals surface area contributed by atoms with Gasteiger partial charge in [0, 0.05) is 18.4 Å². The van der Waals surface area contributed by atoms with Crippen LogP contribution in [0.25, 0.3) is 0 Å². The molecule has 0 atom stereocenters. The second-order valence-corrected chi connectivity index (χ2v) is 6.00. The fraction of sp³-hybridized carbons (Fsp3) is 0.667. The molecule has 0 aliphatic rings. The third-order valence-corrected chi connectivity index (χ3v) is 4.25. The monoisotopic (exact) mass is 288 g/mol. The molecule has 0 saturated carbocycles. The van der Waals surface area contributed by atoms with Crippen molar-refractivity contribution in [3.63, 3.8) is 0 Å². The number of aliphatic carboxylic acids is 1. The van der Waals surface area contributed by atoms with Crippen LogP contribution in [0, 0.1) is 6.92 Å². The lowest BCUT2D eigenvalue weighted by Crippen LogP contribution is -2.05. The first-order chi connectivity index (χ1) is 8.65. The average molecular weight is 288 g/mol. The maximum absolute atomic E-state index is 10.6. The molecule has 0 amide bonds. The predicted molar refractivity (Wildman–Crippen MR) is 77.6 cm³/mol. The van der Waals surface area contributed by atoms with E-state index in [2.05, 4.69) is 15.8 Å². The Kier molecular flexibility index (Phi) is 7.27. The summed E-state index contributed by atoms with van der Waals surface area (Å²) in [6, 6.07) is 0. The first-order valence-corrected chi connectivity index (χ1v) is 8.38. The molecule has 4 nitrogen and oxygen atoms in total. The van der Waals surface area contributed by atoms with E-state index < -0.39 is 5.97 Å².